The van der Waals surface area contributed by atoms with Gasteiger partial charge in [0.25, 0.3) is 0 Å². The van der Waals surface area contributed by atoms with E-state index < -0.39 is 40.9 Å². The zero-order valence-corrected chi connectivity index (χ0v) is 25.1. The minimum atomic E-state index is -5.39. The van der Waals surface area contributed by atoms with Crippen molar-refractivity contribution >= 4 is 39.9 Å². The Morgan fingerprint density at radius 2 is 1.45 bits per heavy atom. The molecule has 4 rings (SSSR count). The van der Waals surface area contributed by atoms with E-state index in [-0.39, 0.29) is 15.7 Å². The molecule has 0 saturated carbocycles. The summed E-state index contributed by atoms with van der Waals surface area (Å²) in [5.41, 5.74) is -5.95. The molecule has 0 fully saturated rings. The predicted molar refractivity (Wildman–Crippen MR) is 161 cm³/mol. The first-order valence-corrected chi connectivity index (χ1v) is 14.8. The summed E-state index contributed by atoms with van der Waals surface area (Å²) in [6.45, 7) is 1.37. The second-order valence-corrected chi connectivity index (χ2v) is 11.6. The summed E-state index contributed by atoms with van der Waals surface area (Å²) >= 11 is 1.89. The van der Waals surface area contributed by atoms with Gasteiger partial charge in [0.2, 0.25) is 5.67 Å². The molecule has 0 bridgehead atoms. The van der Waals surface area contributed by atoms with E-state index >= 15 is 22.0 Å². The lowest BCUT2D eigenvalue weighted by Gasteiger charge is -2.29. The lowest BCUT2D eigenvalue weighted by Crippen LogP contribution is -2.52. The topological polar surface area (TPSA) is 18.5 Å². The quantitative estimate of drug-likeness (QED) is 0.156. The average Bonchev–Trinajstić information content (AvgIpc) is 3.61. The summed E-state index contributed by atoms with van der Waals surface area (Å²) in [5, 5.41) is -0.225. The van der Waals surface area contributed by atoms with Crippen LogP contribution < -0.4 is 9.47 Å². The molecule has 1 atom stereocenters. The molecule has 224 valence electrons. The van der Waals surface area contributed by atoms with Gasteiger partial charge in [0.1, 0.15) is 6.67 Å². The minimum absolute atomic E-state index is 0.0937. The Kier molecular flexibility index (Phi) is 9.47. The first-order valence-electron chi connectivity index (χ1n) is 13.2. The van der Waals surface area contributed by atoms with E-state index in [1.807, 2.05) is 43.4 Å². The van der Waals surface area contributed by atoms with E-state index in [9.17, 15) is 4.39 Å². The van der Waals surface area contributed by atoms with E-state index in [1.54, 1.807) is 31.2 Å². The highest BCUT2D eigenvalue weighted by molar-refractivity contribution is 7.17. The Balaban J connectivity index is 1.89. The van der Waals surface area contributed by atoms with Crippen LogP contribution in [0.5, 0.6) is 10.1 Å². The van der Waals surface area contributed by atoms with Gasteiger partial charge in [-0.2, -0.15) is 17.6 Å². The van der Waals surface area contributed by atoms with E-state index in [1.165, 1.54) is 26.4 Å². The normalized spacial score (nSPS) is 20.0. The average molecular weight is 625 g/mol. The number of alkyl halides is 6. The minimum Gasteiger partial charge on any atom is -0.487 e. The number of ether oxygens (including phenoxy) is 2. The third-order valence-corrected chi connectivity index (χ3v) is 9.11. The Morgan fingerprint density at radius 3 is 2.05 bits per heavy atom. The number of allylic oxidation sites excluding steroid dienone is 7. The van der Waals surface area contributed by atoms with Crippen molar-refractivity contribution in [3.05, 3.63) is 88.3 Å². The summed E-state index contributed by atoms with van der Waals surface area (Å²) in [4.78, 5) is 0.870. The van der Waals surface area contributed by atoms with Crippen molar-refractivity contribution in [3.8, 4) is 20.6 Å². The van der Waals surface area contributed by atoms with Crippen LogP contribution in [0, 0.1) is 0 Å². The third kappa shape index (κ3) is 5.35. The van der Waals surface area contributed by atoms with Gasteiger partial charge in [-0.15, -0.1) is 0 Å². The Hall–Kier alpha value is -3.24. The van der Waals surface area contributed by atoms with Gasteiger partial charge in [-0.1, -0.05) is 84.2 Å². The lowest BCUT2D eigenvalue weighted by atomic mass is 9.90. The molecule has 2 aromatic heterocycles. The van der Waals surface area contributed by atoms with Gasteiger partial charge < -0.3 is 9.47 Å². The molecule has 1 aliphatic rings. The molecule has 3 aromatic rings. The molecule has 2 heterocycles. The van der Waals surface area contributed by atoms with Crippen molar-refractivity contribution in [1.82, 2.24) is 0 Å². The Bertz CT molecular complexity index is 1530. The standard InChI is InChI=1S/C32H30F6O2S2/c1-5-7-8-9-10-12-20-13-15-21(16-14-20)25-18-24(29(40-4)42-25)27-26(23-17-22(11-6-2)41-28(23)39-3)30(34,19-33)32(37,38)31(27,35)36/h6-11,13-18H,5,12,19H2,1-4H3/b8-7-,10-9-,11-6+. The van der Waals surface area contributed by atoms with Crippen LogP contribution in [0.2, 0.25) is 0 Å². The molecule has 0 radical (unpaired) electrons. The molecule has 0 aliphatic heterocycles. The van der Waals surface area contributed by atoms with Crippen molar-refractivity contribution in [3.63, 3.8) is 0 Å². The van der Waals surface area contributed by atoms with Gasteiger partial charge in [-0.3, -0.25) is 0 Å². The van der Waals surface area contributed by atoms with Crippen LogP contribution in [0.3, 0.4) is 0 Å². The number of benzene rings is 1. The molecule has 0 saturated heterocycles. The van der Waals surface area contributed by atoms with Gasteiger partial charge in [0.05, 0.1) is 14.2 Å². The van der Waals surface area contributed by atoms with E-state index in [0.717, 1.165) is 34.7 Å². The third-order valence-electron chi connectivity index (χ3n) is 6.90. The summed E-state index contributed by atoms with van der Waals surface area (Å²) in [5.74, 6) is -10.5. The van der Waals surface area contributed by atoms with Gasteiger partial charge in [0, 0.05) is 32.0 Å². The van der Waals surface area contributed by atoms with E-state index in [4.69, 9.17) is 9.47 Å². The van der Waals surface area contributed by atoms with Crippen molar-refractivity contribution in [2.24, 2.45) is 0 Å². The fraction of sp³-hybridized carbons (Fsp3) is 0.312. The number of halogens is 6. The van der Waals surface area contributed by atoms with Crippen molar-refractivity contribution < 1.29 is 35.8 Å². The summed E-state index contributed by atoms with van der Waals surface area (Å²) < 4.78 is 103. The highest BCUT2D eigenvalue weighted by Gasteiger charge is 2.79. The van der Waals surface area contributed by atoms with Crippen LogP contribution >= 0.6 is 22.7 Å². The monoisotopic (exact) mass is 624 g/mol. The highest BCUT2D eigenvalue weighted by Crippen LogP contribution is 2.66. The molecule has 0 spiro atoms. The van der Waals surface area contributed by atoms with Crippen LogP contribution in [-0.2, 0) is 6.42 Å². The smallest absolute Gasteiger partial charge is 0.354 e. The van der Waals surface area contributed by atoms with Crippen LogP contribution in [-0.4, -0.2) is 38.4 Å². The van der Waals surface area contributed by atoms with Crippen molar-refractivity contribution in [2.45, 2.75) is 44.2 Å². The Labute approximate surface area is 249 Å². The molecule has 0 N–H and O–H groups in total. The second kappa shape index (κ2) is 12.6. The first kappa shape index (κ1) is 31.7. The largest absolute Gasteiger partial charge is 0.487 e. The maximum absolute atomic E-state index is 16.1. The van der Waals surface area contributed by atoms with Crippen LogP contribution in [0.4, 0.5) is 26.3 Å². The molecule has 2 nitrogen and oxygen atoms in total. The zero-order valence-electron chi connectivity index (χ0n) is 23.5. The summed E-state index contributed by atoms with van der Waals surface area (Å²) in [7, 11) is 2.42. The van der Waals surface area contributed by atoms with Crippen molar-refractivity contribution in [1.29, 1.82) is 0 Å². The number of hydrogen-bond donors (Lipinski definition) is 0. The molecular weight excluding hydrogens is 594 g/mol. The molecule has 1 aliphatic carbocycles. The molecule has 1 aromatic carbocycles. The Morgan fingerprint density at radius 1 is 0.833 bits per heavy atom. The van der Waals surface area contributed by atoms with Crippen LogP contribution in [0.15, 0.2) is 66.8 Å². The highest BCUT2D eigenvalue weighted by atomic mass is 32.1. The maximum atomic E-state index is 16.1. The fourth-order valence-corrected chi connectivity index (χ4v) is 6.76. The predicted octanol–water partition coefficient (Wildman–Crippen LogP) is 10.5. The molecular formula is C32H30F6O2S2. The number of thiophene rings is 2. The SMILES string of the molecule is C/C=C/c1cc(C2=C(c3cc(-c4ccc(C/C=C\C=C/CC)cc4)sc3OC)C(F)(F)C(F)(F)C2(F)CF)c(OC)s1. The van der Waals surface area contributed by atoms with Gasteiger partial charge >= 0.3 is 11.8 Å². The van der Waals surface area contributed by atoms with Crippen LogP contribution in [0.1, 0.15) is 41.8 Å². The summed E-state index contributed by atoms with van der Waals surface area (Å²) in [6, 6.07) is 9.82. The maximum Gasteiger partial charge on any atom is 0.354 e. The molecule has 1 unspecified atom stereocenters. The number of hydrogen-bond acceptors (Lipinski definition) is 4. The van der Waals surface area contributed by atoms with Crippen molar-refractivity contribution in [2.75, 3.05) is 20.9 Å². The van der Waals surface area contributed by atoms with Crippen LogP contribution in [0.25, 0.3) is 27.7 Å². The fourth-order valence-electron chi connectivity index (χ4n) is 4.83. The molecule has 42 heavy (non-hydrogen) atoms. The number of rotatable bonds is 11. The first-order chi connectivity index (χ1) is 20.0. The lowest BCUT2D eigenvalue weighted by molar-refractivity contribution is -0.221. The zero-order chi connectivity index (χ0) is 30.7. The second-order valence-electron chi connectivity index (χ2n) is 9.57. The van der Waals surface area contributed by atoms with E-state index in [0.29, 0.717) is 21.7 Å². The van der Waals surface area contributed by atoms with Gasteiger partial charge in [-0.05, 0) is 49.1 Å². The van der Waals surface area contributed by atoms with E-state index in [2.05, 4.69) is 0 Å². The molecule has 10 heteroatoms. The van der Waals surface area contributed by atoms with Gasteiger partial charge in [-0.25, -0.2) is 8.78 Å². The number of methoxy groups -OCH3 is 2. The summed E-state index contributed by atoms with van der Waals surface area (Å²) in [6.07, 6.45) is 12.8. The van der Waals surface area contributed by atoms with Gasteiger partial charge in [0.15, 0.2) is 10.1 Å². The molecule has 0 amide bonds.